The summed E-state index contributed by atoms with van der Waals surface area (Å²) in [5.41, 5.74) is 1.31. The number of benzene rings is 1. The molecule has 98 valence electrons. The third-order valence-electron chi connectivity index (χ3n) is 4.00. The van der Waals surface area contributed by atoms with Crippen LogP contribution in [0.25, 0.3) is 0 Å². The minimum atomic E-state index is -0.133. The molecule has 2 aliphatic rings. The van der Waals surface area contributed by atoms with Gasteiger partial charge in [0.1, 0.15) is 0 Å². The summed E-state index contributed by atoms with van der Waals surface area (Å²) >= 11 is 5.89. The molecule has 0 aromatic heterocycles. The zero-order chi connectivity index (χ0) is 12.5. The molecule has 0 spiro atoms. The molecule has 0 bridgehead atoms. The summed E-state index contributed by atoms with van der Waals surface area (Å²) in [4.78, 5) is 2.42. The van der Waals surface area contributed by atoms with Crippen molar-refractivity contribution < 1.29 is 5.11 Å². The maximum absolute atomic E-state index is 9.68. The fraction of sp³-hybridized carbons (Fsp3) is 0.571. The van der Waals surface area contributed by atoms with Crippen molar-refractivity contribution >= 4 is 11.6 Å². The lowest BCUT2D eigenvalue weighted by atomic mass is 10.0. The molecule has 2 saturated heterocycles. The van der Waals surface area contributed by atoms with Crippen LogP contribution in [0.2, 0.25) is 5.02 Å². The van der Waals surface area contributed by atoms with Gasteiger partial charge in [-0.3, -0.25) is 4.90 Å². The topological polar surface area (TPSA) is 35.5 Å². The number of halogens is 1. The van der Waals surface area contributed by atoms with E-state index in [9.17, 15) is 5.11 Å². The monoisotopic (exact) mass is 266 g/mol. The molecule has 0 aliphatic carbocycles. The Labute approximate surface area is 113 Å². The number of rotatable bonds is 2. The first-order chi connectivity index (χ1) is 8.70. The average Bonchev–Trinajstić information content (AvgIpc) is 2.71. The Hall–Kier alpha value is -0.610. The highest BCUT2D eigenvalue weighted by molar-refractivity contribution is 6.30. The van der Waals surface area contributed by atoms with E-state index < -0.39 is 0 Å². The van der Waals surface area contributed by atoms with E-state index in [0.717, 1.165) is 37.5 Å². The highest BCUT2D eigenvalue weighted by Gasteiger charge is 2.35. The third-order valence-corrected chi connectivity index (χ3v) is 4.25. The maximum atomic E-state index is 9.68. The molecule has 2 fully saturated rings. The van der Waals surface area contributed by atoms with E-state index in [2.05, 4.69) is 22.3 Å². The van der Waals surface area contributed by atoms with Gasteiger partial charge in [0.2, 0.25) is 0 Å². The van der Waals surface area contributed by atoms with Gasteiger partial charge < -0.3 is 10.4 Å². The second kappa shape index (κ2) is 5.17. The van der Waals surface area contributed by atoms with Gasteiger partial charge in [-0.15, -0.1) is 0 Å². The molecular weight excluding hydrogens is 248 g/mol. The van der Waals surface area contributed by atoms with E-state index in [1.807, 2.05) is 12.1 Å². The summed E-state index contributed by atoms with van der Waals surface area (Å²) in [6.45, 7) is 2.86. The van der Waals surface area contributed by atoms with E-state index in [-0.39, 0.29) is 6.10 Å². The van der Waals surface area contributed by atoms with Gasteiger partial charge in [0.25, 0.3) is 0 Å². The van der Waals surface area contributed by atoms with Gasteiger partial charge in [-0.05, 0) is 30.5 Å². The van der Waals surface area contributed by atoms with Crippen molar-refractivity contribution in [2.45, 2.75) is 31.0 Å². The van der Waals surface area contributed by atoms with E-state index in [1.54, 1.807) is 0 Å². The molecule has 3 nitrogen and oxygen atoms in total. The fourth-order valence-electron chi connectivity index (χ4n) is 3.09. The van der Waals surface area contributed by atoms with Crippen molar-refractivity contribution in [1.82, 2.24) is 10.2 Å². The highest BCUT2D eigenvalue weighted by atomic mass is 35.5. The smallest absolute Gasteiger partial charge is 0.0682 e. The van der Waals surface area contributed by atoms with Crippen molar-refractivity contribution in [3.63, 3.8) is 0 Å². The van der Waals surface area contributed by atoms with Crippen LogP contribution in [0.15, 0.2) is 24.3 Å². The Balaban J connectivity index is 1.60. The van der Waals surface area contributed by atoms with Crippen molar-refractivity contribution in [1.29, 1.82) is 0 Å². The first-order valence-corrected chi connectivity index (χ1v) is 6.98. The zero-order valence-electron chi connectivity index (χ0n) is 10.3. The van der Waals surface area contributed by atoms with Crippen molar-refractivity contribution in [2.24, 2.45) is 0 Å². The standard InChI is InChI=1S/C14H19ClN2O/c15-11-3-1-10(2-4-11)5-12-8-17-9-14(18)6-13(17)7-16-12/h1-4,12-14,16,18H,5-9H2/t12-,13-,14+/m0/s1. The Morgan fingerprint density at radius 2 is 2.06 bits per heavy atom. The van der Waals surface area contributed by atoms with Gasteiger partial charge in [0, 0.05) is 36.7 Å². The minimum absolute atomic E-state index is 0.133. The normalized spacial score (nSPS) is 32.4. The van der Waals surface area contributed by atoms with Gasteiger partial charge in [-0.25, -0.2) is 0 Å². The fourth-order valence-corrected chi connectivity index (χ4v) is 3.21. The van der Waals surface area contributed by atoms with Crippen molar-refractivity contribution in [3.05, 3.63) is 34.9 Å². The molecule has 0 radical (unpaired) electrons. The summed E-state index contributed by atoms with van der Waals surface area (Å²) in [7, 11) is 0. The highest BCUT2D eigenvalue weighted by Crippen LogP contribution is 2.22. The average molecular weight is 267 g/mol. The molecule has 1 aromatic rings. The molecule has 2 N–H and O–H groups in total. The largest absolute Gasteiger partial charge is 0.392 e. The summed E-state index contributed by atoms with van der Waals surface area (Å²) < 4.78 is 0. The van der Waals surface area contributed by atoms with E-state index >= 15 is 0 Å². The van der Waals surface area contributed by atoms with Crippen LogP contribution >= 0.6 is 11.6 Å². The molecule has 0 amide bonds. The Morgan fingerprint density at radius 3 is 2.83 bits per heavy atom. The first kappa shape index (κ1) is 12.4. The predicted octanol–water partition coefficient (Wildman–Crippen LogP) is 1.29. The second-order valence-electron chi connectivity index (χ2n) is 5.43. The van der Waals surface area contributed by atoms with Gasteiger partial charge in [0.15, 0.2) is 0 Å². The molecule has 3 rings (SSSR count). The molecular formula is C14H19ClN2O. The number of aliphatic hydroxyl groups is 1. The minimum Gasteiger partial charge on any atom is -0.392 e. The maximum Gasteiger partial charge on any atom is 0.0682 e. The SMILES string of the molecule is O[C@@H]1C[C@H]2CN[C@@H](Cc3ccc(Cl)cc3)CN2C1. The number of piperazine rings is 1. The zero-order valence-corrected chi connectivity index (χ0v) is 11.1. The van der Waals surface area contributed by atoms with Crippen LogP contribution in [0.3, 0.4) is 0 Å². The van der Waals surface area contributed by atoms with Gasteiger partial charge in [-0.2, -0.15) is 0 Å². The van der Waals surface area contributed by atoms with Crippen LogP contribution < -0.4 is 5.32 Å². The Bertz CT molecular complexity index is 409. The molecule has 18 heavy (non-hydrogen) atoms. The number of nitrogens with one attached hydrogen (secondary N) is 1. The van der Waals surface area contributed by atoms with Crippen molar-refractivity contribution in [2.75, 3.05) is 19.6 Å². The Morgan fingerprint density at radius 1 is 1.28 bits per heavy atom. The quantitative estimate of drug-likeness (QED) is 0.847. The first-order valence-electron chi connectivity index (χ1n) is 6.60. The number of hydrogen-bond donors (Lipinski definition) is 2. The summed E-state index contributed by atoms with van der Waals surface area (Å²) in [6.07, 6.45) is 1.81. The molecule has 0 unspecified atom stereocenters. The van der Waals surface area contributed by atoms with Gasteiger partial charge in [0.05, 0.1) is 6.10 Å². The van der Waals surface area contributed by atoms with Crippen LogP contribution in [0.4, 0.5) is 0 Å². The summed E-state index contributed by atoms with van der Waals surface area (Å²) in [5, 5.41) is 14.1. The molecule has 4 heteroatoms. The molecule has 2 heterocycles. The number of hydrogen-bond acceptors (Lipinski definition) is 3. The summed E-state index contributed by atoms with van der Waals surface area (Å²) in [6, 6.07) is 9.09. The number of aliphatic hydroxyl groups excluding tert-OH is 1. The lowest BCUT2D eigenvalue weighted by molar-refractivity contribution is 0.153. The van der Waals surface area contributed by atoms with E-state index in [4.69, 9.17) is 11.6 Å². The van der Waals surface area contributed by atoms with Gasteiger partial charge in [-0.1, -0.05) is 23.7 Å². The molecule has 0 saturated carbocycles. The number of fused-ring (bicyclic) bond motifs is 1. The van der Waals surface area contributed by atoms with Crippen LogP contribution in [-0.2, 0) is 6.42 Å². The molecule has 2 aliphatic heterocycles. The molecule has 3 atom stereocenters. The van der Waals surface area contributed by atoms with Crippen LogP contribution in [0.1, 0.15) is 12.0 Å². The summed E-state index contributed by atoms with van der Waals surface area (Å²) in [5.74, 6) is 0. The lowest BCUT2D eigenvalue weighted by Crippen LogP contribution is -2.54. The lowest BCUT2D eigenvalue weighted by Gasteiger charge is -2.35. The van der Waals surface area contributed by atoms with Crippen LogP contribution in [0, 0.1) is 0 Å². The number of nitrogens with zero attached hydrogens (tertiary/aromatic N) is 1. The Kier molecular flexibility index (Phi) is 3.57. The van der Waals surface area contributed by atoms with Crippen LogP contribution in [0.5, 0.6) is 0 Å². The second-order valence-corrected chi connectivity index (χ2v) is 5.87. The van der Waals surface area contributed by atoms with E-state index in [1.165, 1.54) is 5.56 Å². The van der Waals surface area contributed by atoms with E-state index in [0.29, 0.717) is 12.1 Å². The van der Waals surface area contributed by atoms with Crippen LogP contribution in [-0.4, -0.2) is 47.8 Å². The van der Waals surface area contributed by atoms with Crippen molar-refractivity contribution in [3.8, 4) is 0 Å². The third kappa shape index (κ3) is 2.69. The van der Waals surface area contributed by atoms with Gasteiger partial charge >= 0.3 is 0 Å². The molecule has 1 aromatic carbocycles. The predicted molar refractivity (Wildman–Crippen MR) is 72.9 cm³/mol.